The van der Waals surface area contributed by atoms with Gasteiger partial charge in [0, 0.05) is 56.9 Å². The molecule has 0 aliphatic carbocycles. The number of hydrogen-bond acceptors (Lipinski definition) is 7. The van der Waals surface area contributed by atoms with Gasteiger partial charge in [0.05, 0.1) is 5.69 Å². The number of nitrogens with zero attached hydrogens (tertiary/aromatic N) is 5. The van der Waals surface area contributed by atoms with Gasteiger partial charge in [-0.1, -0.05) is 42.5 Å². The first-order chi connectivity index (χ1) is 18.1. The van der Waals surface area contributed by atoms with Crippen LogP contribution in [0.4, 0.5) is 10.7 Å². The number of benzene rings is 3. The van der Waals surface area contributed by atoms with E-state index in [1.54, 1.807) is 18.5 Å². The second kappa shape index (κ2) is 9.96. The van der Waals surface area contributed by atoms with Crippen molar-refractivity contribution in [3.8, 4) is 16.9 Å². The van der Waals surface area contributed by atoms with E-state index in [-0.39, 0.29) is 0 Å². The Labute approximate surface area is 214 Å². The molecule has 1 fully saturated rings. The van der Waals surface area contributed by atoms with Crippen molar-refractivity contribution in [3.05, 3.63) is 78.9 Å². The fourth-order valence-electron chi connectivity index (χ4n) is 4.75. The zero-order valence-corrected chi connectivity index (χ0v) is 20.5. The van der Waals surface area contributed by atoms with Crippen LogP contribution in [0.1, 0.15) is 5.69 Å². The third-order valence-electron chi connectivity index (χ3n) is 6.70. The highest BCUT2D eigenvalue weighted by Crippen LogP contribution is 2.35. The molecule has 0 bridgehead atoms. The van der Waals surface area contributed by atoms with E-state index in [4.69, 9.17) is 4.74 Å². The van der Waals surface area contributed by atoms with Crippen LogP contribution < -0.4 is 10.1 Å². The number of anilines is 1. The number of carbonyl (C=O) groups is 1. The van der Waals surface area contributed by atoms with Crippen LogP contribution in [0.25, 0.3) is 32.9 Å². The van der Waals surface area contributed by atoms with E-state index in [1.807, 2.05) is 30.5 Å². The Balaban J connectivity index is 1.21. The summed E-state index contributed by atoms with van der Waals surface area (Å²) >= 11 is 0. The third-order valence-corrected chi connectivity index (χ3v) is 6.70. The lowest BCUT2D eigenvalue weighted by Crippen LogP contribution is -2.43. The molecule has 3 heterocycles. The van der Waals surface area contributed by atoms with E-state index in [0.29, 0.717) is 22.7 Å². The minimum Gasteiger partial charge on any atom is -0.408 e. The predicted molar refractivity (Wildman–Crippen MR) is 143 cm³/mol. The summed E-state index contributed by atoms with van der Waals surface area (Å²) in [6, 6.07) is 18.1. The fourth-order valence-corrected chi connectivity index (χ4v) is 4.75. The number of aromatic amines is 1. The zero-order valence-electron chi connectivity index (χ0n) is 20.5. The van der Waals surface area contributed by atoms with Gasteiger partial charge >= 0.3 is 6.09 Å². The van der Waals surface area contributed by atoms with Crippen LogP contribution in [0.15, 0.2) is 73.2 Å². The number of rotatable bonds is 5. The zero-order chi connectivity index (χ0) is 25.2. The maximum atomic E-state index is 12.7. The second-order valence-corrected chi connectivity index (χ2v) is 9.23. The number of amides is 1. The van der Waals surface area contributed by atoms with Gasteiger partial charge in [0.1, 0.15) is 11.0 Å². The quantitative estimate of drug-likeness (QED) is 0.371. The maximum Gasteiger partial charge on any atom is 0.419 e. The lowest BCUT2D eigenvalue weighted by atomic mass is 9.97. The Morgan fingerprint density at radius 1 is 0.946 bits per heavy atom. The monoisotopic (exact) mass is 493 g/mol. The SMILES string of the molecule is CN1CCN(Cc2c[nH]c(NC(=O)Oc3ccc(-c4cccc5ccccc45)c4nccnc34)n2)CC1. The van der Waals surface area contributed by atoms with E-state index in [1.165, 1.54) is 0 Å². The van der Waals surface area contributed by atoms with Gasteiger partial charge < -0.3 is 14.6 Å². The number of nitrogens with one attached hydrogen (secondary N) is 2. The molecule has 3 aromatic carbocycles. The molecule has 9 heteroatoms. The topological polar surface area (TPSA) is 99.3 Å². The number of hydrogen-bond donors (Lipinski definition) is 2. The third kappa shape index (κ3) is 4.87. The number of piperazine rings is 1. The number of aromatic nitrogens is 4. The first-order valence-corrected chi connectivity index (χ1v) is 12.3. The second-order valence-electron chi connectivity index (χ2n) is 9.23. The summed E-state index contributed by atoms with van der Waals surface area (Å²) in [4.78, 5) is 34.0. The summed E-state index contributed by atoms with van der Waals surface area (Å²) in [5.74, 6) is 0.672. The molecule has 0 radical (unpaired) electrons. The van der Waals surface area contributed by atoms with Crippen molar-refractivity contribution in [1.82, 2.24) is 29.7 Å². The number of carbonyl (C=O) groups excluding carboxylic acids is 1. The summed E-state index contributed by atoms with van der Waals surface area (Å²) in [6.07, 6.45) is 4.40. The minimum absolute atomic E-state index is 0.328. The van der Waals surface area contributed by atoms with Gasteiger partial charge in [-0.15, -0.1) is 0 Å². The highest BCUT2D eigenvalue weighted by molar-refractivity contribution is 6.04. The molecule has 1 aliphatic rings. The average molecular weight is 494 g/mol. The highest BCUT2D eigenvalue weighted by Gasteiger charge is 2.18. The van der Waals surface area contributed by atoms with Gasteiger partial charge in [0.2, 0.25) is 5.95 Å². The Morgan fingerprint density at radius 3 is 2.59 bits per heavy atom. The summed E-state index contributed by atoms with van der Waals surface area (Å²) < 4.78 is 5.65. The molecule has 0 atom stereocenters. The summed E-state index contributed by atoms with van der Waals surface area (Å²) in [7, 11) is 2.13. The molecule has 0 spiro atoms. The first-order valence-electron chi connectivity index (χ1n) is 12.3. The Hall–Kier alpha value is -4.34. The lowest BCUT2D eigenvalue weighted by molar-refractivity contribution is 0.147. The minimum atomic E-state index is -0.648. The van der Waals surface area contributed by atoms with Crippen molar-refractivity contribution in [3.63, 3.8) is 0 Å². The van der Waals surface area contributed by atoms with E-state index in [2.05, 4.69) is 66.4 Å². The fraction of sp³-hybridized carbons (Fsp3) is 0.214. The molecule has 9 nitrogen and oxygen atoms in total. The van der Waals surface area contributed by atoms with Crippen molar-refractivity contribution in [1.29, 1.82) is 0 Å². The van der Waals surface area contributed by atoms with Crippen LogP contribution in [0.2, 0.25) is 0 Å². The van der Waals surface area contributed by atoms with Gasteiger partial charge in [-0.2, -0.15) is 0 Å². The van der Waals surface area contributed by atoms with Crippen LogP contribution in [-0.2, 0) is 6.54 Å². The van der Waals surface area contributed by atoms with Crippen molar-refractivity contribution in [2.24, 2.45) is 0 Å². The normalized spacial score (nSPS) is 14.7. The van der Waals surface area contributed by atoms with Crippen LogP contribution in [0.5, 0.6) is 5.75 Å². The first kappa shape index (κ1) is 23.1. The smallest absolute Gasteiger partial charge is 0.408 e. The van der Waals surface area contributed by atoms with Crippen molar-refractivity contribution in [2.75, 3.05) is 38.5 Å². The van der Waals surface area contributed by atoms with Crippen LogP contribution >= 0.6 is 0 Å². The summed E-state index contributed by atoms with van der Waals surface area (Å²) in [5.41, 5.74) is 4.01. The number of likely N-dealkylation sites (N-methyl/N-ethyl adjacent to an activating group) is 1. The largest absolute Gasteiger partial charge is 0.419 e. The molecular formula is C28H27N7O2. The van der Waals surface area contributed by atoms with Crippen molar-refractivity contribution in [2.45, 2.75) is 6.54 Å². The molecule has 0 unspecified atom stereocenters. The Kier molecular flexibility index (Phi) is 6.21. The molecule has 37 heavy (non-hydrogen) atoms. The van der Waals surface area contributed by atoms with Crippen LogP contribution in [-0.4, -0.2) is 69.1 Å². The number of imidazole rings is 1. The predicted octanol–water partition coefficient (Wildman–Crippen LogP) is 4.53. The molecular weight excluding hydrogens is 466 g/mol. The van der Waals surface area contributed by atoms with E-state index in [0.717, 1.165) is 60.3 Å². The molecule has 5 aromatic rings. The summed E-state index contributed by atoms with van der Waals surface area (Å²) in [5, 5.41) is 4.95. The van der Waals surface area contributed by atoms with Crippen LogP contribution in [0, 0.1) is 0 Å². The molecule has 0 saturated carbocycles. The number of H-pyrrole nitrogens is 1. The standard InChI is InChI=1S/C28H27N7O2/c1-34-13-15-35(16-14-34)18-20-17-31-27(32-20)33-28(36)37-24-10-9-23(25-26(24)30-12-11-29-25)22-8-4-6-19-5-2-3-7-21(19)22/h2-12,17H,13-16,18H2,1H3,(H2,31,32,33,36). The molecule has 6 rings (SSSR count). The van der Waals surface area contributed by atoms with Gasteiger partial charge in [-0.3, -0.25) is 15.2 Å². The van der Waals surface area contributed by atoms with E-state index in [9.17, 15) is 4.79 Å². The number of ether oxygens (including phenoxy) is 1. The van der Waals surface area contributed by atoms with Crippen molar-refractivity contribution >= 4 is 33.8 Å². The molecule has 1 aliphatic heterocycles. The lowest BCUT2D eigenvalue weighted by Gasteiger charge is -2.31. The van der Waals surface area contributed by atoms with E-state index < -0.39 is 6.09 Å². The van der Waals surface area contributed by atoms with E-state index >= 15 is 0 Å². The Morgan fingerprint density at radius 2 is 1.73 bits per heavy atom. The molecule has 2 N–H and O–H groups in total. The molecule has 2 aromatic heterocycles. The molecule has 1 amide bonds. The number of fused-ring (bicyclic) bond motifs is 2. The maximum absolute atomic E-state index is 12.7. The van der Waals surface area contributed by atoms with Gasteiger partial charge in [0.15, 0.2) is 5.75 Å². The Bertz CT molecular complexity index is 1570. The average Bonchev–Trinajstić information content (AvgIpc) is 3.36. The highest BCUT2D eigenvalue weighted by atomic mass is 16.6. The van der Waals surface area contributed by atoms with Gasteiger partial charge in [-0.05, 0) is 35.5 Å². The molecule has 1 saturated heterocycles. The van der Waals surface area contributed by atoms with Gasteiger partial charge in [0.25, 0.3) is 0 Å². The van der Waals surface area contributed by atoms with Crippen molar-refractivity contribution < 1.29 is 9.53 Å². The molecule has 186 valence electrons. The van der Waals surface area contributed by atoms with Gasteiger partial charge in [-0.25, -0.2) is 14.8 Å². The van der Waals surface area contributed by atoms with Crippen LogP contribution in [0.3, 0.4) is 0 Å². The summed E-state index contributed by atoms with van der Waals surface area (Å²) in [6.45, 7) is 4.81.